The molecule has 126 valence electrons. The first-order chi connectivity index (χ1) is 11.7. The molecule has 0 aliphatic carbocycles. The second-order valence-corrected chi connectivity index (χ2v) is 6.01. The summed E-state index contributed by atoms with van der Waals surface area (Å²) >= 11 is 0. The molecule has 1 aliphatic heterocycles. The van der Waals surface area contributed by atoms with Crippen LogP contribution in [0, 0.1) is 0 Å². The van der Waals surface area contributed by atoms with E-state index in [0.29, 0.717) is 19.0 Å². The predicted molar refractivity (Wildman–Crippen MR) is 92.4 cm³/mol. The quantitative estimate of drug-likeness (QED) is 0.853. The molecule has 2 heterocycles. The first kappa shape index (κ1) is 16.2. The van der Waals surface area contributed by atoms with E-state index in [4.69, 9.17) is 0 Å². The molecule has 1 aromatic carbocycles. The molecule has 1 aliphatic rings. The molecule has 2 amide bonds. The fourth-order valence-corrected chi connectivity index (χ4v) is 3.17. The van der Waals surface area contributed by atoms with E-state index < -0.39 is 0 Å². The number of rotatable bonds is 5. The zero-order valence-corrected chi connectivity index (χ0v) is 13.6. The average Bonchev–Trinajstić information content (AvgIpc) is 3.05. The number of piperidine rings is 1. The molecular formula is C18H22N4O2. The SMILES string of the molecule is C=CC(=O)NCCC(=O)N1CCC(n2ncc3ccccc32)CC1. The van der Waals surface area contributed by atoms with Crippen LogP contribution < -0.4 is 5.32 Å². The van der Waals surface area contributed by atoms with E-state index in [0.717, 1.165) is 36.8 Å². The number of hydrogen-bond donors (Lipinski definition) is 1. The Morgan fingerprint density at radius 2 is 2.04 bits per heavy atom. The second-order valence-electron chi connectivity index (χ2n) is 6.01. The Morgan fingerprint density at radius 1 is 1.29 bits per heavy atom. The van der Waals surface area contributed by atoms with Crippen molar-refractivity contribution in [2.45, 2.75) is 25.3 Å². The minimum Gasteiger partial charge on any atom is -0.352 e. The van der Waals surface area contributed by atoms with Gasteiger partial charge < -0.3 is 10.2 Å². The molecule has 0 radical (unpaired) electrons. The summed E-state index contributed by atoms with van der Waals surface area (Å²) in [5, 5.41) is 8.31. The summed E-state index contributed by atoms with van der Waals surface area (Å²) in [6, 6.07) is 8.52. The van der Waals surface area contributed by atoms with Crippen LogP contribution in [0.15, 0.2) is 43.1 Å². The standard InChI is InChI=1S/C18H22N4O2/c1-2-17(23)19-10-7-18(24)21-11-8-15(9-12-21)22-16-6-4-3-5-14(16)13-20-22/h2-6,13,15H,1,7-12H2,(H,19,23). The Bertz CT molecular complexity index is 744. The average molecular weight is 326 g/mol. The van der Waals surface area contributed by atoms with Crippen LogP contribution in [-0.2, 0) is 9.59 Å². The van der Waals surface area contributed by atoms with Crippen LogP contribution in [0.3, 0.4) is 0 Å². The molecule has 3 rings (SSSR count). The Balaban J connectivity index is 1.53. The highest BCUT2D eigenvalue weighted by Crippen LogP contribution is 2.26. The molecule has 24 heavy (non-hydrogen) atoms. The summed E-state index contributed by atoms with van der Waals surface area (Å²) < 4.78 is 2.08. The van der Waals surface area contributed by atoms with Crippen LogP contribution in [0.25, 0.3) is 10.9 Å². The molecular weight excluding hydrogens is 304 g/mol. The first-order valence-corrected chi connectivity index (χ1v) is 8.29. The van der Waals surface area contributed by atoms with Gasteiger partial charge in [0, 0.05) is 31.4 Å². The van der Waals surface area contributed by atoms with Crippen LogP contribution in [0.1, 0.15) is 25.3 Å². The van der Waals surface area contributed by atoms with Gasteiger partial charge in [-0.3, -0.25) is 14.3 Å². The fourth-order valence-electron chi connectivity index (χ4n) is 3.17. The third kappa shape index (κ3) is 3.48. The predicted octanol–water partition coefficient (Wildman–Crippen LogP) is 1.89. The first-order valence-electron chi connectivity index (χ1n) is 8.29. The maximum atomic E-state index is 12.2. The minimum atomic E-state index is -0.243. The van der Waals surface area contributed by atoms with E-state index >= 15 is 0 Å². The fraction of sp³-hybridized carbons (Fsp3) is 0.389. The van der Waals surface area contributed by atoms with Gasteiger partial charge in [0.15, 0.2) is 0 Å². The molecule has 0 atom stereocenters. The zero-order chi connectivity index (χ0) is 16.9. The van der Waals surface area contributed by atoms with Gasteiger partial charge in [-0.05, 0) is 25.0 Å². The highest BCUT2D eigenvalue weighted by Gasteiger charge is 2.24. The molecule has 1 N–H and O–H groups in total. The zero-order valence-electron chi connectivity index (χ0n) is 13.6. The highest BCUT2D eigenvalue weighted by molar-refractivity contribution is 5.87. The maximum Gasteiger partial charge on any atom is 0.243 e. The van der Waals surface area contributed by atoms with Crippen molar-refractivity contribution in [2.24, 2.45) is 0 Å². The van der Waals surface area contributed by atoms with Crippen molar-refractivity contribution in [2.75, 3.05) is 19.6 Å². The van der Waals surface area contributed by atoms with Crippen LogP contribution in [0.4, 0.5) is 0 Å². The maximum absolute atomic E-state index is 12.2. The van der Waals surface area contributed by atoms with Crippen molar-refractivity contribution < 1.29 is 9.59 Å². The Hall–Kier alpha value is -2.63. The Kier molecular flexibility index (Phi) is 4.93. The van der Waals surface area contributed by atoms with E-state index in [-0.39, 0.29) is 11.8 Å². The number of para-hydroxylation sites is 1. The summed E-state index contributed by atoms with van der Waals surface area (Å²) in [5.74, 6) is -0.157. The van der Waals surface area contributed by atoms with E-state index in [1.165, 1.54) is 6.08 Å². The topological polar surface area (TPSA) is 67.2 Å². The Labute approximate surface area is 141 Å². The molecule has 0 saturated carbocycles. The second kappa shape index (κ2) is 7.29. The number of carbonyl (C=O) groups excluding carboxylic acids is 2. The number of nitrogens with one attached hydrogen (secondary N) is 1. The lowest BCUT2D eigenvalue weighted by molar-refractivity contribution is -0.132. The summed E-state index contributed by atoms with van der Waals surface area (Å²) in [7, 11) is 0. The molecule has 6 nitrogen and oxygen atoms in total. The number of hydrogen-bond acceptors (Lipinski definition) is 3. The van der Waals surface area contributed by atoms with Crippen LogP contribution >= 0.6 is 0 Å². The van der Waals surface area contributed by atoms with Crippen molar-refractivity contribution in [1.82, 2.24) is 20.0 Å². The largest absolute Gasteiger partial charge is 0.352 e. The minimum absolute atomic E-state index is 0.0862. The van der Waals surface area contributed by atoms with E-state index in [1.54, 1.807) is 0 Å². The number of nitrogens with zero attached hydrogens (tertiary/aromatic N) is 3. The Morgan fingerprint density at radius 3 is 2.79 bits per heavy atom. The van der Waals surface area contributed by atoms with Crippen LogP contribution in [0.5, 0.6) is 0 Å². The molecule has 1 saturated heterocycles. The number of amides is 2. The number of benzene rings is 1. The third-order valence-electron chi connectivity index (χ3n) is 4.49. The molecule has 0 bridgehead atoms. The summed E-state index contributed by atoms with van der Waals surface area (Å²) in [6.45, 7) is 5.20. The van der Waals surface area contributed by atoms with E-state index in [1.807, 2.05) is 23.2 Å². The van der Waals surface area contributed by atoms with E-state index in [9.17, 15) is 9.59 Å². The lowest BCUT2D eigenvalue weighted by Gasteiger charge is -2.32. The van der Waals surface area contributed by atoms with Crippen molar-refractivity contribution in [1.29, 1.82) is 0 Å². The molecule has 1 fully saturated rings. The van der Waals surface area contributed by atoms with Gasteiger partial charge in [-0.15, -0.1) is 0 Å². The van der Waals surface area contributed by atoms with Crippen molar-refractivity contribution in [3.63, 3.8) is 0 Å². The van der Waals surface area contributed by atoms with Gasteiger partial charge in [0.05, 0.1) is 17.8 Å². The summed E-state index contributed by atoms with van der Waals surface area (Å²) in [4.78, 5) is 25.2. The summed E-state index contributed by atoms with van der Waals surface area (Å²) in [5.41, 5.74) is 1.15. The number of likely N-dealkylation sites (tertiary alicyclic amines) is 1. The van der Waals surface area contributed by atoms with Gasteiger partial charge in [-0.25, -0.2) is 0 Å². The van der Waals surface area contributed by atoms with Crippen molar-refractivity contribution in [3.05, 3.63) is 43.1 Å². The third-order valence-corrected chi connectivity index (χ3v) is 4.49. The van der Waals surface area contributed by atoms with Gasteiger partial charge in [0.2, 0.25) is 11.8 Å². The van der Waals surface area contributed by atoms with Gasteiger partial charge in [-0.1, -0.05) is 24.8 Å². The van der Waals surface area contributed by atoms with Gasteiger partial charge in [-0.2, -0.15) is 5.10 Å². The molecule has 2 aromatic rings. The summed E-state index contributed by atoms with van der Waals surface area (Å²) in [6.07, 6.45) is 5.24. The van der Waals surface area contributed by atoms with Crippen LogP contribution in [-0.4, -0.2) is 46.1 Å². The van der Waals surface area contributed by atoms with Crippen LogP contribution in [0.2, 0.25) is 0 Å². The molecule has 0 spiro atoms. The van der Waals surface area contributed by atoms with E-state index in [2.05, 4.69) is 33.8 Å². The number of fused-ring (bicyclic) bond motifs is 1. The monoisotopic (exact) mass is 326 g/mol. The van der Waals surface area contributed by atoms with Gasteiger partial charge in [0.25, 0.3) is 0 Å². The molecule has 1 aromatic heterocycles. The lowest BCUT2D eigenvalue weighted by Crippen LogP contribution is -2.40. The normalized spacial score (nSPS) is 15.4. The molecule has 6 heteroatoms. The van der Waals surface area contributed by atoms with Gasteiger partial charge >= 0.3 is 0 Å². The van der Waals surface area contributed by atoms with Gasteiger partial charge in [0.1, 0.15) is 0 Å². The lowest BCUT2D eigenvalue weighted by atomic mass is 10.0. The molecule has 0 unspecified atom stereocenters. The smallest absolute Gasteiger partial charge is 0.243 e. The number of aromatic nitrogens is 2. The highest BCUT2D eigenvalue weighted by atomic mass is 16.2. The number of carbonyl (C=O) groups is 2. The van der Waals surface area contributed by atoms with Crippen molar-refractivity contribution >= 4 is 22.7 Å². The van der Waals surface area contributed by atoms with Crippen molar-refractivity contribution in [3.8, 4) is 0 Å².